The Kier molecular flexibility index (Phi) is 5.11. The minimum atomic E-state index is -0.316. The molecule has 1 heterocycles. The van der Waals surface area contributed by atoms with Crippen LogP contribution in [0.25, 0.3) is 0 Å². The molecule has 0 aliphatic heterocycles. The molecule has 0 aromatic carbocycles. The van der Waals surface area contributed by atoms with Crippen LogP contribution in [-0.2, 0) is 22.6 Å². The van der Waals surface area contributed by atoms with Gasteiger partial charge in [-0.05, 0) is 6.92 Å². The van der Waals surface area contributed by atoms with Crippen LogP contribution < -0.4 is 11.2 Å². The Labute approximate surface area is 99.4 Å². The lowest BCUT2D eigenvalue weighted by atomic mass is 10.4. The minimum absolute atomic E-state index is 0.265. The van der Waals surface area contributed by atoms with E-state index >= 15 is 0 Å². The first kappa shape index (κ1) is 13.7. The van der Waals surface area contributed by atoms with Crippen molar-refractivity contribution < 1.29 is 9.47 Å². The molecule has 0 atom stereocenters. The average Bonchev–Trinajstić information content (AvgIpc) is 2.28. The summed E-state index contributed by atoms with van der Waals surface area (Å²) in [6.07, 6.45) is 0. The highest BCUT2D eigenvalue weighted by Gasteiger charge is 2.08. The molecular weight excluding hydrogens is 224 g/mol. The molecule has 6 heteroatoms. The van der Waals surface area contributed by atoms with Gasteiger partial charge in [0.2, 0.25) is 0 Å². The van der Waals surface area contributed by atoms with Gasteiger partial charge >= 0.3 is 5.69 Å². The molecule has 0 bridgehead atoms. The molecule has 1 rings (SSSR count). The largest absolute Gasteiger partial charge is 0.383 e. The van der Waals surface area contributed by atoms with Crippen LogP contribution in [0.2, 0.25) is 0 Å². The molecule has 0 spiro atoms. The topological polar surface area (TPSA) is 62.5 Å². The molecule has 0 amide bonds. The molecule has 6 nitrogen and oxygen atoms in total. The third-order valence-electron chi connectivity index (χ3n) is 2.52. The van der Waals surface area contributed by atoms with Crippen molar-refractivity contribution in [1.29, 1.82) is 0 Å². The van der Waals surface area contributed by atoms with Crippen LogP contribution in [0.3, 0.4) is 0 Å². The second-order valence-corrected chi connectivity index (χ2v) is 3.70. The van der Waals surface area contributed by atoms with Gasteiger partial charge in [0.1, 0.15) is 0 Å². The zero-order chi connectivity index (χ0) is 12.8. The summed E-state index contributed by atoms with van der Waals surface area (Å²) >= 11 is 0. The van der Waals surface area contributed by atoms with Gasteiger partial charge in [-0.25, -0.2) is 4.79 Å². The van der Waals surface area contributed by atoms with E-state index in [1.165, 1.54) is 22.3 Å². The summed E-state index contributed by atoms with van der Waals surface area (Å²) in [5.41, 5.74) is 0.0352. The molecule has 0 radical (unpaired) electrons. The average molecular weight is 242 g/mol. The summed E-state index contributed by atoms with van der Waals surface area (Å²) in [4.78, 5) is 23.7. The van der Waals surface area contributed by atoms with Crippen molar-refractivity contribution in [1.82, 2.24) is 9.13 Å². The standard InChI is InChI=1S/C11H18N2O4/c1-9-8-10(14)13(5-7-17-3)11(15)12(9)4-6-16-2/h8H,4-7H2,1-3H3. The van der Waals surface area contributed by atoms with E-state index in [0.717, 1.165) is 0 Å². The number of rotatable bonds is 6. The molecule has 0 aliphatic rings. The van der Waals surface area contributed by atoms with Crippen molar-refractivity contribution in [3.8, 4) is 0 Å². The lowest BCUT2D eigenvalue weighted by molar-refractivity contribution is 0.177. The van der Waals surface area contributed by atoms with Crippen molar-refractivity contribution >= 4 is 0 Å². The lowest BCUT2D eigenvalue weighted by Crippen LogP contribution is -2.41. The van der Waals surface area contributed by atoms with Gasteiger partial charge in [0, 0.05) is 26.0 Å². The van der Waals surface area contributed by atoms with Crippen LogP contribution in [0.5, 0.6) is 0 Å². The SMILES string of the molecule is COCCn1c(C)cc(=O)n(CCOC)c1=O. The molecule has 17 heavy (non-hydrogen) atoms. The molecule has 0 saturated carbocycles. The van der Waals surface area contributed by atoms with E-state index < -0.39 is 0 Å². The summed E-state index contributed by atoms with van der Waals surface area (Å²) in [7, 11) is 3.10. The Morgan fingerprint density at radius 3 is 2.12 bits per heavy atom. The van der Waals surface area contributed by atoms with Crippen molar-refractivity contribution in [2.75, 3.05) is 27.4 Å². The molecule has 0 aliphatic carbocycles. The Balaban J connectivity index is 3.13. The number of methoxy groups -OCH3 is 2. The van der Waals surface area contributed by atoms with E-state index in [9.17, 15) is 9.59 Å². The van der Waals surface area contributed by atoms with Crippen LogP contribution in [0.1, 0.15) is 5.69 Å². The Hall–Kier alpha value is -1.40. The second-order valence-electron chi connectivity index (χ2n) is 3.70. The molecule has 0 saturated heterocycles. The quantitative estimate of drug-likeness (QED) is 0.681. The summed E-state index contributed by atoms with van der Waals surface area (Å²) in [6, 6.07) is 1.45. The summed E-state index contributed by atoms with van der Waals surface area (Å²) < 4.78 is 12.5. The summed E-state index contributed by atoms with van der Waals surface area (Å²) in [6.45, 7) is 3.21. The highest BCUT2D eigenvalue weighted by molar-refractivity contribution is 5.00. The van der Waals surface area contributed by atoms with Gasteiger partial charge < -0.3 is 9.47 Å². The zero-order valence-corrected chi connectivity index (χ0v) is 10.4. The van der Waals surface area contributed by atoms with E-state index in [-0.39, 0.29) is 17.8 Å². The van der Waals surface area contributed by atoms with Crippen LogP contribution in [0, 0.1) is 6.92 Å². The van der Waals surface area contributed by atoms with Crippen LogP contribution in [0.4, 0.5) is 0 Å². The Morgan fingerprint density at radius 2 is 1.59 bits per heavy atom. The van der Waals surface area contributed by atoms with E-state index in [1.807, 2.05) is 0 Å². The van der Waals surface area contributed by atoms with Gasteiger partial charge in [-0.3, -0.25) is 13.9 Å². The van der Waals surface area contributed by atoms with E-state index in [0.29, 0.717) is 25.5 Å². The minimum Gasteiger partial charge on any atom is -0.383 e. The molecule has 0 fully saturated rings. The number of hydrogen-bond donors (Lipinski definition) is 0. The highest BCUT2D eigenvalue weighted by Crippen LogP contribution is 1.90. The Bertz CT molecular complexity index is 475. The predicted molar refractivity (Wildman–Crippen MR) is 63.5 cm³/mol. The summed E-state index contributed by atoms with van der Waals surface area (Å²) in [5.74, 6) is 0. The number of aryl methyl sites for hydroxylation is 1. The third kappa shape index (κ3) is 3.28. The van der Waals surface area contributed by atoms with E-state index in [4.69, 9.17) is 9.47 Å². The van der Waals surface area contributed by atoms with Crippen LogP contribution >= 0.6 is 0 Å². The number of hydrogen-bond acceptors (Lipinski definition) is 4. The van der Waals surface area contributed by atoms with Crippen LogP contribution in [-0.4, -0.2) is 36.6 Å². The van der Waals surface area contributed by atoms with Gasteiger partial charge in [0.15, 0.2) is 0 Å². The third-order valence-corrected chi connectivity index (χ3v) is 2.52. The maximum atomic E-state index is 12.0. The van der Waals surface area contributed by atoms with Gasteiger partial charge in [-0.15, -0.1) is 0 Å². The van der Waals surface area contributed by atoms with Gasteiger partial charge in [0.25, 0.3) is 5.56 Å². The maximum absolute atomic E-state index is 12.0. The lowest BCUT2D eigenvalue weighted by Gasteiger charge is -2.12. The molecular formula is C11H18N2O4. The van der Waals surface area contributed by atoms with Crippen molar-refractivity contribution in [2.45, 2.75) is 20.0 Å². The van der Waals surface area contributed by atoms with Gasteiger partial charge in [0.05, 0.1) is 26.3 Å². The number of nitrogens with zero attached hydrogens (tertiary/aromatic N) is 2. The number of aromatic nitrogens is 2. The molecule has 96 valence electrons. The summed E-state index contributed by atoms with van der Waals surface area (Å²) in [5, 5.41) is 0. The second kappa shape index (κ2) is 6.36. The van der Waals surface area contributed by atoms with Crippen molar-refractivity contribution in [3.63, 3.8) is 0 Å². The highest BCUT2D eigenvalue weighted by atomic mass is 16.5. The fourth-order valence-electron chi connectivity index (χ4n) is 1.57. The predicted octanol–water partition coefficient (Wildman–Crippen LogP) is -0.389. The maximum Gasteiger partial charge on any atom is 0.331 e. The first-order valence-corrected chi connectivity index (χ1v) is 5.41. The van der Waals surface area contributed by atoms with E-state index in [1.54, 1.807) is 14.0 Å². The number of ether oxygens (including phenoxy) is 2. The van der Waals surface area contributed by atoms with Gasteiger partial charge in [-0.2, -0.15) is 0 Å². The zero-order valence-electron chi connectivity index (χ0n) is 10.4. The monoisotopic (exact) mass is 242 g/mol. The molecule has 1 aromatic heterocycles. The smallest absolute Gasteiger partial charge is 0.331 e. The Morgan fingerprint density at radius 1 is 1.06 bits per heavy atom. The fourth-order valence-corrected chi connectivity index (χ4v) is 1.57. The van der Waals surface area contributed by atoms with Crippen molar-refractivity contribution in [3.05, 3.63) is 32.6 Å². The van der Waals surface area contributed by atoms with Crippen molar-refractivity contribution in [2.24, 2.45) is 0 Å². The molecule has 1 aromatic rings. The van der Waals surface area contributed by atoms with Gasteiger partial charge in [-0.1, -0.05) is 0 Å². The van der Waals surface area contributed by atoms with E-state index in [2.05, 4.69) is 0 Å². The fraction of sp³-hybridized carbons (Fsp3) is 0.636. The molecule has 0 N–H and O–H groups in total. The molecule has 0 unspecified atom stereocenters. The first-order valence-electron chi connectivity index (χ1n) is 5.41. The normalized spacial score (nSPS) is 10.8. The van der Waals surface area contributed by atoms with Crippen LogP contribution in [0.15, 0.2) is 15.7 Å². The first-order chi connectivity index (χ1) is 8.11.